The van der Waals surface area contributed by atoms with Crippen molar-refractivity contribution >= 4 is 24.4 Å². The molecule has 1 aromatic rings. The summed E-state index contributed by atoms with van der Waals surface area (Å²) in [4.78, 5) is 46.1. The van der Waals surface area contributed by atoms with E-state index in [2.05, 4.69) is 14.9 Å². The number of cyclic esters (lactones) is 1. The lowest BCUT2D eigenvalue weighted by molar-refractivity contribution is -0.150. The van der Waals surface area contributed by atoms with Crippen molar-refractivity contribution < 1.29 is 29.0 Å². The first-order valence-corrected chi connectivity index (χ1v) is 10.6. The molecule has 0 aromatic carbocycles. The van der Waals surface area contributed by atoms with Gasteiger partial charge in [0.2, 0.25) is 5.95 Å². The zero-order valence-corrected chi connectivity index (χ0v) is 18.1. The highest BCUT2D eigenvalue weighted by atomic mass is 16.6. The summed E-state index contributed by atoms with van der Waals surface area (Å²) in [5, 5.41) is 6.89. The normalized spacial score (nSPS) is 22.6. The van der Waals surface area contributed by atoms with E-state index in [0.29, 0.717) is 19.0 Å². The Bertz CT molecular complexity index is 803. The smallest absolute Gasteiger partial charge is 0.356 e. The number of rotatable bonds is 4. The molecule has 4 rings (SSSR count). The average molecular weight is 434 g/mol. The second kappa shape index (κ2) is 10.0. The minimum atomic E-state index is -0.468. The summed E-state index contributed by atoms with van der Waals surface area (Å²) in [7, 11) is 1.34. The van der Waals surface area contributed by atoms with Gasteiger partial charge in [-0.25, -0.2) is 14.8 Å². The quantitative estimate of drug-likeness (QED) is 0.547. The van der Waals surface area contributed by atoms with Crippen LogP contribution >= 0.6 is 0 Å². The van der Waals surface area contributed by atoms with Crippen molar-refractivity contribution in [3.05, 3.63) is 17.5 Å². The number of aryl methyl sites for hydroxylation is 1. The Morgan fingerprint density at radius 1 is 1.29 bits per heavy atom. The summed E-state index contributed by atoms with van der Waals surface area (Å²) in [6, 6.07) is 1.62. The molecule has 3 fully saturated rings. The molecule has 3 aliphatic heterocycles. The number of methoxy groups -OCH3 is 1. The predicted molar refractivity (Wildman–Crippen MR) is 111 cm³/mol. The van der Waals surface area contributed by atoms with E-state index >= 15 is 0 Å². The van der Waals surface area contributed by atoms with Crippen molar-refractivity contribution in [2.45, 2.75) is 45.1 Å². The molecule has 1 spiro atoms. The first-order chi connectivity index (χ1) is 14.9. The van der Waals surface area contributed by atoms with Gasteiger partial charge in [-0.1, -0.05) is 0 Å². The highest BCUT2D eigenvalue weighted by Crippen LogP contribution is 2.43. The molecular weight excluding hydrogens is 404 g/mol. The molecule has 3 saturated heterocycles. The van der Waals surface area contributed by atoms with E-state index in [-0.39, 0.29) is 29.7 Å². The summed E-state index contributed by atoms with van der Waals surface area (Å²) < 4.78 is 10.5. The molecule has 0 amide bonds. The van der Waals surface area contributed by atoms with Crippen molar-refractivity contribution in [2.24, 2.45) is 5.41 Å². The number of ether oxygens (including phenoxy) is 2. The van der Waals surface area contributed by atoms with Crippen LogP contribution in [0.15, 0.2) is 6.07 Å². The summed E-state index contributed by atoms with van der Waals surface area (Å²) in [6.07, 6.45) is 4.76. The molecule has 0 saturated carbocycles. The number of piperidine rings is 1. The van der Waals surface area contributed by atoms with Gasteiger partial charge in [0.15, 0.2) is 5.69 Å². The summed E-state index contributed by atoms with van der Waals surface area (Å²) >= 11 is 0. The molecule has 10 nitrogen and oxygen atoms in total. The Labute approximate surface area is 181 Å². The Balaban J connectivity index is 0.000000858. The topological polar surface area (TPSA) is 122 Å². The van der Waals surface area contributed by atoms with E-state index in [4.69, 9.17) is 19.4 Å². The Kier molecular flexibility index (Phi) is 7.42. The number of likely N-dealkylation sites (tertiary alicyclic amines) is 1. The van der Waals surface area contributed by atoms with E-state index in [1.165, 1.54) is 20.0 Å². The van der Waals surface area contributed by atoms with Crippen LogP contribution in [0.1, 0.15) is 48.3 Å². The highest BCUT2D eigenvalue weighted by Gasteiger charge is 2.50. The second-order valence-electron chi connectivity index (χ2n) is 8.30. The maximum absolute atomic E-state index is 12.7. The standard InChI is InChI=1S/C20H28N4O4.CH2O2/c1-14-11-16(17(25)27-2)22-19(21-14)24-9-5-20(6-10-24)12-15(28-18(20)26)13-23-7-3-4-8-23;2-1-3/h11,15H,3-10,12-13H2,1-2H3;1H,(H,2,3). The van der Waals surface area contributed by atoms with Gasteiger partial charge in [0, 0.05) is 31.7 Å². The van der Waals surface area contributed by atoms with Crippen molar-refractivity contribution in [3.63, 3.8) is 0 Å². The van der Waals surface area contributed by atoms with Gasteiger partial charge in [-0.05, 0) is 51.8 Å². The van der Waals surface area contributed by atoms with E-state index < -0.39 is 5.97 Å². The number of hydrogen-bond donors (Lipinski definition) is 1. The number of anilines is 1. The molecule has 0 aliphatic carbocycles. The van der Waals surface area contributed by atoms with Crippen LogP contribution in [0.25, 0.3) is 0 Å². The number of carbonyl (C=O) groups is 3. The van der Waals surface area contributed by atoms with Crippen LogP contribution in [0.5, 0.6) is 0 Å². The van der Waals surface area contributed by atoms with Gasteiger partial charge in [-0.15, -0.1) is 0 Å². The van der Waals surface area contributed by atoms with Gasteiger partial charge in [-0.3, -0.25) is 14.5 Å². The molecule has 0 radical (unpaired) electrons. The fraction of sp³-hybridized carbons (Fsp3) is 0.667. The van der Waals surface area contributed by atoms with E-state index in [0.717, 1.165) is 44.6 Å². The predicted octanol–water partition coefficient (Wildman–Crippen LogP) is 1.27. The second-order valence-corrected chi connectivity index (χ2v) is 8.30. The molecule has 1 aromatic heterocycles. The molecular formula is C21H30N4O6. The molecule has 1 N–H and O–H groups in total. The maximum atomic E-state index is 12.7. The zero-order valence-electron chi connectivity index (χ0n) is 18.1. The van der Waals surface area contributed by atoms with Crippen LogP contribution < -0.4 is 4.90 Å². The number of carboxylic acid groups (broad SMARTS) is 1. The van der Waals surface area contributed by atoms with E-state index in [1.807, 2.05) is 11.8 Å². The fourth-order valence-electron chi connectivity index (χ4n) is 4.64. The third-order valence-electron chi connectivity index (χ3n) is 6.23. The minimum absolute atomic E-state index is 0.0123. The van der Waals surface area contributed by atoms with E-state index in [1.54, 1.807) is 6.07 Å². The minimum Gasteiger partial charge on any atom is -0.483 e. The Hall–Kier alpha value is -2.75. The molecule has 3 aliphatic rings. The molecule has 170 valence electrons. The van der Waals surface area contributed by atoms with Gasteiger partial charge in [0.25, 0.3) is 6.47 Å². The highest BCUT2D eigenvalue weighted by molar-refractivity contribution is 5.87. The fourth-order valence-corrected chi connectivity index (χ4v) is 4.64. The van der Waals surface area contributed by atoms with Gasteiger partial charge < -0.3 is 19.5 Å². The largest absolute Gasteiger partial charge is 0.483 e. The number of nitrogens with zero attached hydrogens (tertiary/aromatic N) is 4. The number of esters is 2. The third kappa shape index (κ3) is 5.30. The first kappa shape index (κ1) is 22.9. The first-order valence-electron chi connectivity index (χ1n) is 10.6. The van der Waals surface area contributed by atoms with Crippen LogP contribution in [0.2, 0.25) is 0 Å². The lowest BCUT2D eigenvalue weighted by Gasteiger charge is -2.36. The molecule has 31 heavy (non-hydrogen) atoms. The molecule has 1 unspecified atom stereocenters. The number of carbonyl (C=O) groups excluding carboxylic acids is 2. The summed E-state index contributed by atoms with van der Waals surface area (Å²) in [5.74, 6) is 0.0105. The van der Waals surface area contributed by atoms with Crippen molar-refractivity contribution in [1.82, 2.24) is 14.9 Å². The van der Waals surface area contributed by atoms with Crippen molar-refractivity contribution in [3.8, 4) is 0 Å². The lowest BCUT2D eigenvalue weighted by atomic mass is 9.76. The van der Waals surface area contributed by atoms with Crippen LogP contribution in [0.3, 0.4) is 0 Å². The lowest BCUT2D eigenvalue weighted by Crippen LogP contribution is -2.43. The zero-order chi connectivity index (χ0) is 22.4. The molecule has 10 heteroatoms. The number of hydrogen-bond acceptors (Lipinski definition) is 9. The number of aromatic nitrogens is 2. The van der Waals surface area contributed by atoms with Crippen molar-refractivity contribution in [1.29, 1.82) is 0 Å². The summed E-state index contributed by atoms with van der Waals surface area (Å²) in [6.45, 7) is 6.02. The molecule has 1 atom stereocenters. The summed E-state index contributed by atoms with van der Waals surface area (Å²) in [5.41, 5.74) is 0.600. The molecule has 0 bridgehead atoms. The van der Waals surface area contributed by atoms with Gasteiger partial charge in [0.1, 0.15) is 6.10 Å². The Morgan fingerprint density at radius 2 is 1.94 bits per heavy atom. The van der Waals surface area contributed by atoms with Gasteiger partial charge in [-0.2, -0.15) is 0 Å². The molecule has 4 heterocycles. The Morgan fingerprint density at radius 3 is 2.55 bits per heavy atom. The van der Waals surface area contributed by atoms with Crippen molar-refractivity contribution in [2.75, 3.05) is 44.7 Å². The third-order valence-corrected chi connectivity index (χ3v) is 6.23. The van der Waals surface area contributed by atoms with Crippen LogP contribution in [-0.4, -0.2) is 84.3 Å². The monoisotopic (exact) mass is 434 g/mol. The van der Waals surface area contributed by atoms with Crippen LogP contribution in [0.4, 0.5) is 5.95 Å². The van der Waals surface area contributed by atoms with Gasteiger partial charge in [0.05, 0.1) is 12.5 Å². The average Bonchev–Trinajstić information content (AvgIpc) is 3.36. The van der Waals surface area contributed by atoms with E-state index in [9.17, 15) is 9.59 Å². The maximum Gasteiger partial charge on any atom is 0.356 e. The SMILES string of the molecule is COC(=O)c1cc(C)nc(N2CCC3(CC2)CC(CN2CCCC2)OC3=O)n1.O=CO. The van der Waals surface area contributed by atoms with Crippen LogP contribution in [-0.2, 0) is 19.1 Å². The van der Waals surface area contributed by atoms with Gasteiger partial charge >= 0.3 is 11.9 Å². The van der Waals surface area contributed by atoms with Crippen LogP contribution in [0, 0.1) is 12.3 Å².